The Kier molecular flexibility index (Phi) is 2.71. The summed E-state index contributed by atoms with van der Waals surface area (Å²) in [6, 6.07) is 12.1. The maximum atomic E-state index is 5.44. The average molecular weight is 185 g/mol. The monoisotopic (exact) mass is 185 g/mol. The molecule has 0 spiro atoms. The predicted molar refractivity (Wildman–Crippen MR) is 51.6 cm³/mol. The van der Waals surface area contributed by atoms with E-state index in [1.165, 1.54) is 0 Å². The quantitative estimate of drug-likeness (QED) is 0.732. The molecule has 0 amide bonds. The second-order valence-corrected chi connectivity index (χ2v) is 2.69. The molecule has 2 aromatic rings. The van der Waals surface area contributed by atoms with Gasteiger partial charge in [-0.3, -0.25) is 0 Å². The average Bonchev–Trinajstić information content (AvgIpc) is 2.29. The molecule has 1 heterocycles. The molecule has 1 radical (unpaired) electrons. The van der Waals surface area contributed by atoms with Crippen LogP contribution in [0.5, 0.6) is 5.75 Å². The fourth-order valence-corrected chi connectivity index (χ4v) is 1.02. The van der Waals surface area contributed by atoms with Crippen LogP contribution in [0, 0.1) is 6.07 Å². The van der Waals surface area contributed by atoms with E-state index in [0.29, 0.717) is 12.4 Å². The summed E-state index contributed by atoms with van der Waals surface area (Å²) in [7, 11) is 0. The first kappa shape index (κ1) is 8.69. The Morgan fingerprint density at radius 2 is 2.07 bits per heavy atom. The van der Waals surface area contributed by atoms with Gasteiger partial charge in [0.25, 0.3) is 0 Å². The first-order valence-electron chi connectivity index (χ1n) is 4.30. The molecule has 1 aromatic heterocycles. The highest BCUT2D eigenvalue weighted by atomic mass is 16.5. The van der Waals surface area contributed by atoms with Crippen molar-refractivity contribution in [3.63, 3.8) is 0 Å². The van der Waals surface area contributed by atoms with Crippen LogP contribution >= 0.6 is 0 Å². The second-order valence-electron chi connectivity index (χ2n) is 2.69. The Balaban J connectivity index is 1.96. The Morgan fingerprint density at radius 1 is 1.21 bits per heavy atom. The number of rotatable bonds is 3. The molecular weight excluding hydrogens is 176 g/mol. The van der Waals surface area contributed by atoms with Crippen molar-refractivity contribution in [2.75, 3.05) is 0 Å². The summed E-state index contributed by atoms with van der Waals surface area (Å²) < 4.78 is 5.44. The van der Waals surface area contributed by atoms with Crippen molar-refractivity contribution in [1.29, 1.82) is 0 Å². The number of aromatic nitrogens is 2. The van der Waals surface area contributed by atoms with E-state index >= 15 is 0 Å². The van der Waals surface area contributed by atoms with Crippen LogP contribution in [-0.2, 0) is 6.61 Å². The van der Waals surface area contributed by atoms with Gasteiger partial charge in [-0.25, -0.2) is 9.97 Å². The van der Waals surface area contributed by atoms with Crippen molar-refractivity contribution < 1.29 is 4.74 Å². The van der Waals surface area contributed by atoms with E-state index in [4.69, 9.17) is 4.74 Å². The SMILES string of the molecule is [c]1cccc(OCc2ncccn2)c1. The van der Waals surface area contributed by atoms with Crippen LogP contribution in [0.1, 0.15) is 5.82 Å². The van der Waals surface area contributed by atoms with Crippen LogP contribution in [0.3, 0.4) is 0 Å². The minimum absolute atomic E-state index is 0.388. The summed E-state index contributed by atoms with van der Waals surface area (Å²) in [6.45, 7) is 0.388. The van der Waals surface area contributed by atoms with Crippen molar-refractivity contribution in [2.24, 2.45) is 0 Å². The van der Waals surface area contributed by atoms with Crippen LogP contribution in [0.25, 0.3) is 0 Å². The Bertz CT molecular complexity index is 336. The van der Waals surface area contributed by atoms with Crippen LogP contribution in [0.2, 0.25) is 0 Å². The zero-order chi connectivity index (χ0) is 9.64. The maximum Gasteiger partial charge on any atom is 0.166 e. The number of hydrogen-bond donors (Lipinski definition) is 0. The molecule has 3 nitrogen and oxygen atoms in total. The molecule has 0 bridgehead atoms. The van der Waals surface area contributed by atoms with Gasteiger partial charge in [-0.15, -0.1) is 0 Å². The van der Waals surface area contributed by atoms with E-state index in [9.17, 15) is 0 Å². The lowest BCUT2D eigenvalue weighted by atomic mass is 10.3. The van der Waals surface area contributed by atoms with Gasteiger partial charge in [-0.1, -0.05) is 12.1 Å². The predicted octanol–water partition coefficient (Wildman–Crippen LogP) is 1.86. The van der Waals surface area contributed by atoms with Gasteiger partial charge in [-0.2, -0.15) is 0 Å². The number of ether oxygens (including phenoxy) is 1. The van der Waals surface area contributed by atoms with E-state index in [2.05, 4.69) is 16.0 Å². The second kappa shape index (κ2) is 4.37. The fourth-order valence-electron chi connectivity index (χ4n) is 1.02. The molecule has 14 heavy (non-hydrogen) atoms. The zero-order valence-corrected chi connectivity index (χ0v) is 7.55. The molecule has 0 unspecified atom stereocenters. The third kappa shape index (κ3) is 2.29. The summed E-state index contributed by atoms with van der Waals surface area (Å²) in [4.78, 5) is 8.09. The molecule has 3 heteroatoms. The summed E-state index contributed by atoms with van der Waals surface area (Å²) in [6.07, 6.45) is 3.39. The Morgan fingerprint density at radius 3 is 2.79 bits per heavy atom. The first-order valence-corrected chi connectivity index (χ1v) is 4.30. The van der Waals surface area contributed by atoms with Gasteiger partial charge in [0.15, 0.2) is 5.82 Å². The molecule has 2 rings (SSSR count). The Labute approximate surface area is 82.4 Å². The third-order valence-electron chi connectivity index (χ3n) is 1.67. The maximum absolute atomic E-state index is 5.44. The highest BCUT2D eigenvalue weighted by Gasteiger charge is 1.95. The lowest BCUT2D eigenvalue weighted by Gasteiger charge is -2.03. The highest BCUT2D eigenvalue weighted by Crippen LogP contribution is 2.08. The van der Waals surface area contributed by atoms with Gasteiger partial charge in [0.05, 0.1) is 0 Å². The van der Waals surface area contributed by atoms with Crippen molar-refractivity contribution in [1.82, 2.24) is 9.97 Å². The standard InChI is InChI=1S/C11H9N2O/c1-2-5-10(6-3-1)14-9-11-12-7-4-8-13-11/h1-2,4-8H,9H2. The molecule has 0 aliphatic rings. The summed E-state index contributed by atoms with van der Waals surface area (Å²) in [5, 5.41) is 0. The summed E-state index contributed by atoms with van der Waals surface area (Å²) in [5.41, 5.74) is 0. The minimum atomic E-state index is 0.388. The van der Waals surface area contributed by atoms with E-state index in [1.807, 2.05) is 18.2 Å². The minimum Gasteiger partial charge on any atom is -0.486 e. The molecule has 0 saturated heterocycles. The van der Waals surface area contributed by atoms with E-state index in [-0.39, 0.29) is 0 Å². The molecule has 69 valence electrons. The van der Waals surface area contributed by atoms with Crippen LogP contribution in [0.15, 0.2) is 42.7 Å². The van der Waals surface area contributed by atoms with Crippen molar-refractivity contribution in [2.45, 2.75) is 6.61 Å². The summed E-state index contributed by atoms with van der Waals surface area (Å²) >= 11 is 0. The summed E-state index contributed by atoms with van der Waals surface area (Å²) in [5.74, 6) is 1.45. The Hall–Kier alpha value is -1.90. The first-order chi connectivity index (χ1) is 6.95. The lowest BCUT2D eigenvalue weighted by molar-refractivity contribution is 0.295. The van der Waals surface area contributed by atoms with Gasteiger partial charge < -0.3 is 4.74 Å². The van der Waals surface area contributed by atoms with E-state index in [0.717, 1.165) is 5.75 Å². The van der Waals surface area contributed by atoms with Crippen LogP contribution < -0.4 is 4.74 Å². The molecule has 0 aliphatic carbocycles. The number of hydrogen-bond acceptors (Lipinski definition) is 3. The number of benzene rings is 1. The van der Waals surface area contributed by atoms with Crippen LogP contribution in [-0.4, -0.2) is 9.97 Å². The van der Waals surface area contributed by atoms with Crippen molar-refractivity contribution >= 4 is 0 Å². The highest BCUT2D eigenvalue weighted by molar-refractivity contribution is 5.20. The fraction of sp³-hybridized carbons (Fsp3) is 0.0909. The van der Waals surface area contributed by atoms with Gasteiger partial charge >= 0.3 is 0 Å². The van der Waals surface area contributed by atoms with Gasteiger partial charge in [-0.05, 0) is 24.3 Å². The van der Waals surface area contributed by atoms with Crippen molar-refractivity contribution in [3.05, 3.63) is 54.6 Å². The normalized spacial score (nSPS) is 9.71. The molecule has 0 atom stereocenters. The zero-order valence-electron chi connectivity index (χ0n) is 7.55. The largest absolute Gasteiger partial charge is 0.486 e. The molecule has 0 fully saturated rings. The molecule has 1 aromatic carbocycles. The van der Waals surface area contributed by atoms with Crippen LogP contribution in [0.4, 0.5) is 0 Å². The van der Waals surface area contributed by atoms with E-state index in [1.54, 1.807) is 24.5 Å². The van der Waals surface area contributed by atoms with Gasteiger partial charge in [0.2, 0.25) is 0 Å². The molecular formula is C11H9N2O. The van der Waals surface area contributed by atoms with E-state index < -0.39 is 0 Å². The van der Waals surface area contributed by atoms with Crippen molar-refractivity contribution in [3.8, 4) is 5.75 Å². The lowest BCUT2D eigenvalue weighted by Crippen LogP contribution is -1.99. The van der Waals surface area contributed by atoms with Gasteiger partial charge in [0, 0.05) is 12.4 Å². The van der Waals surface area contributed by atoms with Gasteiger partial charge in [0.1, 0.15) is 12.4 Å². The molecule has 0 saturated carbocycles. The third-order valence-corrected chi connectivity index (χ3v) is 1.67. The molecule has 0 N–H and O–H groups in total. The topological polar surface area (TPSA) is 35.0 Å². The number of nitrogens with zero attached hydrogens (tertiary/aromatic N) is 2. The molecule has 0 aliphatic heterocycles. The smallest absolute Gasteiger partial charge is 0.166 e.